The lowest BCUT2D eigenvalue weighted by Gasteiger charge is -2.41. The molecule has 8 heteroatoms. The summed E-state index contributed by atoms with van der Waals surface area (Å²) in [5, 5.41) is 2.37. The minimum Gasteiger partial charge on any atom is -0.367 e. The van der Waals surface area contributed by atoms with Crippen LogP contribution in [0.5, 0.6) is 0 Å². The van der Waals surface area contributed by atoms with Crippen LogP contribution in [0.4, 0.5) is 10.1 Å². The summed E-state index contributed by atoms with van der Waals surface area (Å²) in [5.41, 5.74) is 4.00. The smallest absolute Gasteiger partial charge is 0.234 e. The molecule has 2 saturated heterocycles. The third kappa shape index (κ3) is 8.21. The Morgan fingerprint density at radius 2 is 1.39 bits per heavy atom. The second-order valence-electron chi connectivity index (χ2n) is 13.4. The highest BCUT2D eigenvalue weighted by molar-refractivity contribution is 6.00. The molecule has 3 aromatic carbocycles. The predicted molar refractivity (Wildman–Crippen MR) is 181 cm³/mol. The largest absolute Gasteiger partial charge is 0.367 e. The van der Waals surface area contributed by atoms with Crippen molar-refractivity contribution in [3.63, 3.8) is 0 Å². The maximum absolute atomic E-state index is 15.2. The molecule has 0 spiro atoms. The van der Waals surface area contributed by atoms with Crippen molar-refractivity contribution in [1.29, 1.82) is 0 Å². The number of nitrogens with zero attached hydrogens (tertiary/aromatic N) is 4. The average Bonchev–Trinajstić information content (AvgIpc) is 3.08. The molecule has 2 aliphatic heterocycles. The fourth-order valence-electron chi connectivity index (χ4n) is 7.52. The van der Waals surface area contributed by atoms with Crippen molar-refractivity contribution in [3.05, 3.63) is 101 Å². The molecule has 7 nitrogen and oxygen atoms in total. The lowest BCUT2D eigenvalue weighted by atomic mass is 9.88. The molecule has 0 aromatic heterocycles. The highest BCUT2D eigenvalue weighted by Crippen LogP contribution is 2.31. The van der Waals surface area contributed by atoms with Crippen LogP contribution in [0.15, 0.2) is 78.9 Å². The van der Waals surface area contributed by atoms with Crippen molar-refractivity contribution in [2.45, 2.75) is 69.6 Å². The number of likely N-dealkylation sites (N-methyl/N-ethyl adjacent to an activating group) is 1. The number of rotatable bonds is 11. The number of piperazine rings is 1. The third-order valence-electron chi connectivity index (χ3n) is 10.4. The van der Waals surface area contributed by atoms with E-state index in [-0.39, 0.29) is 17.6 Å². The molecule has 1 atom stereocenters. The van der Waals surface area contributed by atoms with Gasteiger partial charge in [-0.15, -0.1) is 0 Å². The number of carbonyl (C=O) groups excluding carboxylic acids is 2. The number of hydrogen-bond acceptors (Lipinski definition) is 6. The van der Waals surface area contributed by atoms with Gasteiger partial charge in [0.05, 0.1) is 11.6 Å². The van der Waals surface area contributed by atoms with Gasteiger partial charge in [-0.3, -0.25) is 24.7 Å². The highest BCUT2D eigenvalue weighted by Gasteiger charge is 2.30. The van der Waals surface area contributed by atoms with Gasteiger partial charge in [-0.05, 0) is 68.0 Å². The molecule has 3 aliphatic rings. The second-order valence-corrected chi connectivity index (χ2v) is 13.4. The third-order valence-corrected chi connectivity index (χ3v) is 10.4. The van der Waals surface area contributed by atoms with Crippen molar-refractivity contribution < 1.29 is 14.0 Å². The molecule has 1 N–H and O–H groups in total. The molecule has 1 unspecified atom stereocenters. The monoisotopic (exact) mass is 625 g/mol. The molecule has 1 saturated carbocycles. The number of amides is 2. The number of nitrogens with one attached hydrogen (secondary N) is 1. The van der Waals surface area contributed by atoms with Gasteiger partial charge in [0.1, 0.15) is 5.82 Å². The van der Waals surface area contributed by atoms with E-state index in [2.05, 4.69) is 92.6 Å². The average molecular weight is 626 g/mol. The van der Waals surface area contributed by atoms with Crippen molar-refractivity contribution in [2.24, 2.45) is 0 Å². The Labute approximate surface area is 273 Å². The molecular formula is C38H48FN5O2. The highest BCUT2D eigenvalue weighted by atomic mass is 19.1. The van der Waals surface area contributed by atoms with Gasteiger partial charge in [-0.25, -0.2) is 4.39 Å². The van der Waals surface area contributed by atoms with Crippen LogP contribution < -0.4 is 10.2 Å². The van der Waals surface area contributed by atoms with Crippen LogP contribution in [-0.2, 0) is 22.7 Å². The number of carbonyl (C=O) groups is 2. The zero-order valence-electron chi connectivity index (χ0n) is 27.1. The predicted octanol–water partition coefficient (Wildman–Crippen LogP) is 5.41. The minimum absolute atomic E-state index is 0.254. The molecule has 3 aromatic rings. The van der Waals surface area contributed by atoms with Crippen molar-refractivity contribution in [1.82, 2.24) is 20.0 Å². The van der Waals surface area contributed by atoms with Crippen LogP contribution in [0, 0.1) is 5.82 Å². The summed E-state index contributed by atoms with van der Waals surface area (Å²) >= 11 is 0. The Morgan fingerprint density at radius 3 is 1.98 bits per heavy atom. The molecule has 6 rings (SSSR count). The van der Waals surface area contributed by atoms with Gasteiger partial charge < -0.3 is 9.80 Å². The molecular weight excluding hydrogens is 577 g/mol. The zero-order chi connectivity index (χ0) is 31.9. The van der Waals surface area contributed by atoms with Gasteiger partial charge in [0.25, 0.3) is 0 Å². The van der Waals surface area contributed by atoms with E-state index in [1.54, 1.807) is 6.07 Å². The first-order chi connectivity index (χ1) is 22.4. The van der Waals surface area contributed by atoms with E-state index in [0.717, 1.165) is 52.4 Å². The summed E-state index contributed by atoms with van der Waals surface area (Å²) in [6.07, 6.45) is 5.62. The number of anilines is 1. The Bertz CT molecular complexity index is 1400. The summed E-state index contributed by atoms with van der Waals surface area (Å²) in [7, 11) is 2.28. The summed E-state index contributed by atoms with van der Waals surface area (Å²) in [6, 6.07) is 28.1. The molecule has 244 valence electrons. The van der Waals surface area contributed by atoms with Crippen molar-refractivity contribution >= 4 is 17.5 Å². The van der Waals surface area contributed by atoms with Crippen LogP contribution >= 0.6 is 0 Å². The van der Waals surface area contributed by atoms with Gasteiger partial charge in [-0.2, -0.15) is 0 Å². The maximum Gasteiger partial charge on any atom is 0.234 e. The van der Waals surface area contributed by atoms with Crippen LogP contribution in [0.2, 0.25) is 0 Å². The molecule has 1 aliphatic carbocycles. The molecule has 2 heterocycles. The fourth-order valence-corrected chi connectivity index (χ4v) is 7.52. The Hall–Kier alpha value is -3.59. The number of benzene rings is 3. The molecule has 2 amide bonds. The van der Waals surface area contributed by atoms with Crippen molar-refractivity contribution in [3.8, 4) is 0 Å². The summed E-state index contributed by atoms with van der Waals surface area (Å²) in [6.45, 7) is 7.41. The number of imide groups is 1. The van der Waals surface area contributed by atoms with Gasteiger partial charge in [0, 0.05) is 70.9 Å². The summed E-state index contributed by atoms with van der Waals surface area (Å²) in [4.78, 5) is 33.6. The van der Waals surface area contributed by atoms with Crippen molar-refractivity contribution in [2.75, 3.05) is 51.2 Å². The van der Waals surface area contributed by atoms with E-state index in [4.69, 9.17) is 0 Å². The number of halogens is 1. The fraction of sp³-hybridized carbons (Fsp3) is 0.474. The van der Waals surface area contributed by atoms with E-state index < -0.39 is 5.92 Å². The van der Waals surface area contributed by atoms with Gasteiger partial charge in [-0.1, -0.05) is 66.7 Å². The minimum atomic E-state index is -0.465. The SMILES string of the molecule is CN(CCN1CCN(c2ccc(C3CCC(=O)NC3=O)cc2F)CC1)C1CCC(N(Cc2ccccc2)Cc2ccccc2)CC1. The van der Waals surface area contributed by atoms with Crippen LogP contribution in [-0.4, -0.2) is 84.9 Å². The Morgan fingerprint density at radius 1 is 0.783 bits per heavy atom. The van der Waals surface area contributed by atoms with E-state index >= 15 is 4.39 Å². The zero-order valence-corrected chi connectivity index (χ0v) is 27.1. The normalized spacial score (nSPS) is 22.8. The van der Waals surface area contributed by atoms with E-state index in [1.807, 2.05) is 6.07 Å². The number of piperidine rings is 1. The standard InChI is InChI=1S/C38H48FN5O2/c1-41(32-13-15-33(16-14-32)44(27-29-8-4-2-5-9-29)28-30-10-6-3-7-11-30)20-21-42-22-24-43(25-23-42)36-18-12-31(26-35(36)39)34-17-19-37(45)40-38(34)46/h2-12,18,26,32-34H,13-17,19-25,27-28H2,1H3,(H,40,45,46). The van der Waals surface area contributed by atoms with Gasteiger partial charge in [0.15, 0.2) is 0 Å². The molecule has 46 heavy (non-hydrogen) atoms. The lowest BCUT2D eigenvalue weighted by Crippen LogP contribution is -2.49. The Balaban J connectivity index is 0.951. The first-order valence-electron chi connectivity index (χ1n) is 17.1. The first-order valence-corrected chi connectivity index (χ1v) is 17.1. The summed E-state index contributed by atoms with van der Waals surface area (Å²) in [5.74, 6) is -1.34. The van der Waals surface area contributed by atoms with Gasteiger partial charge >= 0.3 is 0 Å². The first kappa shape index (κ1) is 32.4. The second kappa shape index (κ2) is 15.3. The topological polar surface area (TPSA) is 59.1 Å². The number of hydrogen-bond donors (Lipinski definition) is 1. The van der Waals surface area contributed by atoms with Crippen LogP contribution in [0.25, 0.3) is 0 Å². The molecule has 0 radical (unpaired) electrons. The quantitative estimate of drug-likeness (QED) is 0.288. The van der Waals surface area contributed by atoms with E-state index in [1.165, 1.54) is 42.9 Å². The lowest BCUT2D eigenvalue weighted by molar-refractivity contribution is -0.134. The van der Waals surface area contributed by atoms with Crippen LogP contribution in [0.1, 0.15) is 61.1 Å². The van der Waals surface area contributed by atoms with Gasteiger partial charge in [0.2, 0.25) is 11.8 Å². The molecule has 3 fully saturated rings. The molecule has 0 bridgehead atoms. The Kier molecular flexibility index (Phi) is 10.8. The maximum atomic E-state index is 15.2. The van der Waals surface area contributed by atoms with E-state index in [9.17, 15) is 9.59 Å². The van der Waals surface area contributed by atoms with E-state index in [0.29, 0.717) is 36.2 Å². The van der Waals surface area contributed by atoms with Crippen LogP contribution in [0.3, 0.4) is 0 Å². The summed E-state index contributed by atoms with van der Waals surface area (Å²) < 4.78 is 15.2.